The zero-order chi connectivity index (χ0) is 23.7. The van der Waals surface area contributed by atoms with Crippen LogP contribution >= 0.6 is 11.8 Å². The van der Waals surface area contributed by atoms with Crippen LogP contribution in [0.2, 0.25) is 0 Å². The predicted molar refractivity (Wildman–Crippen MR) is 136 cm³/mol. The lowest BCUT2D eigenvalue weighted by molar-refractivity contribution is 0.589. The number of fused-ring (bicyclic) bond motifs is 1. The molecule has 0 radical (unpaired) electrons. The van der Waals surface area contributed by atoms with E-state index in [1.807, 2.05) is 35.8 Å². The Balaban J connectivity index is 1.58. The van der Waals surface area contributed by atoms with E-state index in [4.69, 9.17) is 0 Å². The van der Waals surface area contributed by atoms with Crippen molar-refractivity contribution in [2.24, 2.45) is 0 Å². The molecule has 3 aromatic carbocycles. The number of aromatic nitrogens is 4. The highest BCUT2D eigenvalue weighted by molar-refractivity contribution is 7.98. The summed E-state index contributed by atoms with van der Waals surface area (Å²) in [6, 6.07) is 24.4. The smallest absolute Gasteiger partial charge is 0.268 e. The molecule has 0 amide bonds. The first-order chi connectivity index (χ1) is 16.5. The minimum absolute atomic E-state index is 0.244. The van der Waals surface area contributed by atoms with Crippen LogP contribution in [0.25, 0.3) is 22.3 Å². The van der Waals surface area contributed by atoms with Crippen LogP contribution in [0.3, 0.4) is 0 Å². The van der Waals surface area contributed by atoms with E-state index in [0.29, 0.717) is 17.9 Å². The van der Waals surface area contributed by atoms with E-state index in [1.165, 1.54) is 15.1 Å². The Hall–Kier alpha value is -3.36. The topological polar surface area (TPSA) is 69.8 Å². The third-order valence-electron chi connectivity index (χ3n) is 5.70. The molecular weight excluding hydrogens is 464 g/mol. The van der Waals surface area contributed by atoms with Gasteiger partial charge in [-0.15, -0.1) is 10.2 Å². The second-order valence-corrected chi connectivity index (χ2v) is 10.8. The molecule has 0 saturated heterocycles. The third-order valence-corrected chi connectivity index (χ3v) is 8.43. The maximum Gasteiger partial charge on any atom is 0.268 e. The van der Waals surface area contributed by atoms with Crippen molar-refractivity contribution < 1.29 is 8.42 Å². The predicted octanol–water partition coefficient (Wildman–Crippen LogP) is 5.76. The van der Waals surface area contributed by atoms with Gasteiger partial charge >= 0.3 is 0 Å². The Kier molecular flexibility index (Phi) is 6.02. The molecular formula is C26H24N4O2S2. The average Bonchev–Trinajstić information content (AvgIpc) is 3.44. The molecule has 34 heavy (non-hydrogen) atoms. The van der Waals surface area contributed by atoms with E-state index >= 15 is 0 Å². The van der Waals surface area contributed by atoms with Gasteiger partial charge in [0.05, 0.1) is 10.4 Å². The maximum atomic E-state index is 13.5. The SMILES string of the molecule is CCn1c(SCc2cccc(C)c2)nnc1-c1cn(S(=O)(=O)c2ccccc2)c2ccccc12. The second-order valence-electron chi connectivity index (χ2n) is 8.00. The molecule has 2 aromatic heterocycles. The van der Waals surface area contributed by atoms with Crippen molar-refractivity contribution in [1.82, 2.24) is 18.7 Å². The summed E-state index contributed by atoms with van der Waals surface area (Å²) >= 11 is 1.63. The van der Waals surface area contributed by atoms with Gasteiger partial charge in [0.2, 0.25) is 0 Å². The van der Waals surface area contributed by atoms with Crippen LogP contribution in [0, 0.1) is 6.92 Å². The minimum atomic E-state index is -3.76. The largest absolute Gasteiger partial charge is 0.302 e. The van der Waals surface area contributed by atoms with Gasteiger partial charge < -0.3 is 4.57 Å². The van der Waals surface area contributed by atoms with Gasteiger partial charge in [0.15, 0.2) is 11.0 Å². The van der Waals surface area contributed by atoms with Gasteiger partial charge in [-0.1, -0.05) is 78.0 Å². The molecule has 8 heteroatoms. The van der Waals surface area contributed by atoms with E-state index in [1.54, 1.807) is 48.3 Å². The molecule has 0 unspecified atom stereocenters. The minimum Gasteiger partial charge on any atom is -0.302 e. The van der Waals surface area contributed by atoms with Gasteiger partial charge in [0.25, 0.3) is 10.0 Å². The molecule has 0 aliphatic carbocycles. The first-order valence-corrected chi connectivity index (χ1v) is 13.4. The number of hydrogen-bond acceptors (Lipinski definition) is 5. The van der Waals surface area contributed by atoms with E-state index in [-0.39, 0.29) is 4.90 Å². The first-order valence-electron chi connectivity index (χ1n) is 11.0. The van der Waals surface area contributed by atoms with Crippen molar-refractivity contribution in [3.05, 3.63) is 96.2 Å². The van der Waals surface area contributed by atoms with Crippen molar-refractivity contribution in [1.29, 1.82) is 0 Å². The van der Waals surface area contributed by atoms with E-state index < -0.39 is 10.0 Å². The van der Waals surface area contributed by atoms with Crippen molar-refractivity contribution in [3.8, 4) is 11.4 Å². The number of rotatable bonds is 7. The molecule has 0 N–H and O–H groups in total. The summed E-state index contributed by atoms with van der Waals surface area (Å²) in [5.41, 5.74) is 3.80. The molecule has 2 heterocycles. The van der Waals surface area contributed by atoms with Gasteiger partial charge in [-0.2, -0.15) is 0 Å². The summed E-state index contributed by atoms with van der Waals surface area (Å²) in [7, 11) is -3.76. The molecule has 0 aliphatic rings. The van der Waals surface area contributed by atoms with Gasteiger partial charge in [-0.25, -0.2) is 12.4 Å². The number of benzene rings is 3. The Labute approximate surface area is 203 Å². The molecule has 5 aromatic rings. The van der Waals surface area contributed by atoms with Crippen LogP contribution in [-0.4, -0.2) is 27.2 Å². The first kappa shape index (κ1) is 22.4. The molecule has 5 rings (SSSR count). The fourth-order valence-electron chi connectivity index (χ4n) is 4.06. The molecule has 0 atom stereocenters. The van der Waals surface area contributed by atoms with Crippen LogP contribution < -0.4 is 0 Å². The molecule has 0 spiro atoms. The quantitative estimate of drug-likeness (QED) is 0.273. The summed E-state index contributed by atoms with van der Waals surface area (Å²) < 4.78 is 30.3. The summed E-state index contributed by atoms with van der Waals surface area (Å²) in [6.45, 7) is 4.80. The lowest BCUT2D eigenvalue weighted by Gasteiger charge is -2.07. The van der Waals surface area contributed by atoms with Gasteiger partial charge in [0.1, 0.15) is 0 Å². The van der Waals surface area contributed by atoms with Crippen LogP contribution in [0.4, 0.5) is 0 Å². The highest BCUT2D eigenvalue weighted by atomic mass is 32.2. The number of aryl methyl sites for hydroxylation is 1. The lowest BCUT2D eigenvalue weighted by atomic mass is 10.1. The summed E-state index contributed by atoms with van der Waals surface area (Å²) in [6.07, 6.45) is 1.66. The number of thioether (sulfide) groups is 1. The standard InChI is InChI=1S/C26H24N4O2S2/c1-3-29-25(27-28-26(29)33-18-20-11-9-10-19(2)16-20)23-17-30(24-15-8-7-14-22(23)24)34(31,32)21-12-5-4-6-13-21/h4-17H,3,18H2,1-2H3. The Morgan fingerprint density at radius 3 is 2.44 bits per heavy atom. The zero-order valence-electron chi connectivity index (χ0n) is 18.9. The summed E-state index contributed by atoms with van der Waals surface area (Å²) in [5, 5.41) is 10.6. The number of nitrogens with zero attached hydrogens (tertiary/aromatic N) is 4. The molecule has 172 valence electrons. The third kappa shape index (κ3) is 4.03. The Morgan fingerprint density at radius 1 is 0.912 bits per heavy atom. The van der Waals surface area contributed by atoms with Gasteiger partial charge in [0, 0.05) is 29.4 Å². The highest BCUT2D eigenvalue weighted by Crippen LogP contribution is 2.34. The zero-order valence-corrected chi connectivity index (χ0v) is 20.6. The molecule has 0 aliphatic heterocycles. The Morgan fingerprint density at radius 2 is 1.68 bits per heavy atom. The summed E-state index contributed by atoms with van der Waals surface area (Å²) in [5.74, 6) is 1.44. The summed E-state index contributed by atoms with van der Waals surface area (Å²) in [4.78, 5) is 0.244. The van der Waals surface area contributed by atoms with Crippen molar-refractivity contribution in [2.75, 3.05) is 0 Å². The fraction of sp³-hybridized carbons (Fsp3) is 0.154. The fourth-order valence-corrected chi connectivity index (χ4v) is 6.40. The van der Waals surface area contributed by atoms with Crippen LogP contribution in [-0.2, 0) is 22.3 Å². The van der Waals surface area contributed by atoms with E-state index in [0.717, 1.165) is 21.9 Å². The molecule has 0 fully saturated rings. The molecule has 6 nitrogen and oxygen atoms in total. The second kappa shape index (κ2) is 9.12. The maximum absolute atomic E-state index is 13.5. The van der Waals surface area contributed by atoms with Gasteiger partial charge in [-0.3, -0.25) is 0 Å². The van der Waals surface area contributed by atoms with Crippen molar-refractivity contribution in [2.45, 2.75) is 36.2 Å². The number of para-hydroxylation sites is 1. The molecule has 0 bridgehead atoms. The van der Waals surface area contributed by atoms with Gasteiger partial charge in [-0.05, 0) is 37.6 Å². The van der Waals surface area contributed by atoms with Crippen LogP contribution in [0.1, 0.15) is 18.1 Å². The monoisotopic (exact) mass is 488 g/mol. The van der Waals surface area contributed by atoms with Crippen LogP contribution in [0.15, 0.2) is 95.1 Å². The average molecular weight is 489 g/mol. The van der Waals surface area contributed by atoms with E-state index in [2.05, 4.69) is 41.4 Å². The van der Waals surface area contributed by atoms with Crippen molar-refractivity contribution in [3.63, 3.8) is 0 Å². The highest BCUT2D eigenvalue weighted by Gasteiger charge is 2.24. The number of hydrogen-bond donors (Lipinski definition) is 0. The molecule has 0 saturated carbocycles. The Bertz CT molecular complexity index is 1570. The lowest BCUT2D eigenvalue weighted by Crippen LogP contribution is -2.11. The normalized spacial score (nSPS) is 11.8. The van der Waals surface area contributed by atoms with E-state index in [9.17, 15) is 8.42 Å². The van der Waals surface area contributed by atoms with Crippen LogP contribution in [0.5, 0.6) is 0 Å². The van der Waals surface area contributed by atoms with Crippen molar-refractivity contribution >= 4 is 32.7 Å².